The molecule has 0 N–H and O–H groups in total. The first-order chi connectivity index (χ1) is 7.69. The largest absolute Gasteiger partial charge is 0.261 e. The van der Waals surface area contributed by atoms with Crippen LogP contribution in [0.15, 0.2) is 28.5 Å². The summed E-state index contributed by atoms with van der Waals surface area (Å²) in [6.45, 7) is 1.93. The van der Waals surface area contributed by atoms with E-state index < -0.39 is 0 Å². The normalized spacial score (nSPS) is 10.1. The minimum absolute atomic E-state index is 0.372. The van der Waals surface area contributed by atoms with E-state index in [2.05, 4.69) is 15.1 Å². The molecule has 80 valence electrons. The van der Waals surface area contributed by atoms with Gasteiger partial charge in [-0.2, -0.15) is 10.4 Å². The van der Waals surface area contributed by atoms with E-state index in [4.69, 9.17) is 5.26 Å². The van der Waals surface area contributed by atoms with Gasteiger partial charge in [-0.15, -0.1) is 0 Å². The molecule has 2 heterocycles. The molecule has 0 aliphatic carbocycles. The molecule has 2 rings (SSSR count). The lowest BCUT2D eigenvalue weighted by Crippen LogP contribution is -1.94. The van der Waals surface area contributed by atoms with Crippen LogP contribution < -0.4 is 0 Å². The maximum Gasteiger partial charge on any atom is 0.195 e. The van der Waals surface area contributed by atoms with Gasteiger partial charge in [0.1, 0.15) is 16.8 Å². The Morgan fingerprint density at radius 1 is 1.50 bits per heavy atom. The molecule has 0 aliphatic heterocycles. The molecule has 0 radical (unpaired) electrons. The maximum absolute atomic E-state index is 8.72. The van der Waals surface area contributed by atoms with Crippen molar-refractivity contribution >= 4 is 11.8 Å². The van der Waals surface area contributed by atoms with Crippen molar-refractivity contribution in [1.29, 1.82) is 5.26 Å². The molecule has 0 atom stereocenters. The Hall–Kier alpha value is -1.87. The first kappa shape index (κ1) is 10.6. The fourth-order valence-corrected chi connectivity index (χ4v) is 2.08. The quantitative estimate of drug-likeness (QED) is 0.733. The highest BCUT2D eigenvalue weighted by atomic mass is 32.2. The van der Waals surface area contributed by atoms with Crippen LogP contribution in [0.25, 0.3) is 0 Å². The minimum Gasteiger partial charge on any atom is -0.261 e. The third-order valence-corrected chi connectivity index (χ3v) is 2.87. The predicted octanol–water partition coefficient (Wildman–Crippen LogP) is 1.54. The topological polar surface area (TPSA) is 67.4 Å². The second-order valence-electron chi connectivity index (χ2n) is 3.19. The van der Waals surface area contributed by atoms with Crippen LogP contribution >= 0.6 is 11.8 Å². The zero-order valence-electron chi connectivity index (χ0n) is 8.88. The molecule has 0 bridgehead atoms. The SMILES string of the molecule is Cc1cc(Sc2nccc(C#N)n2)n(C)n1. The zero-order chi connectivity index (χ0) is 11.5. The third-order valence-electron chi connectivity index (χ3n) is 1.90. The second kappa shape index (κ2) is 4.33. The highest BCUT2D eigenvalue weighted by Gasteiger charge is 2.06. The summed E-state index contributed by atoms with van der Waals surface area (Å²) in [6.07, 6.45) is 1.58. The van der Waals surface area contributed by atoms with Crippen LogP contribution in [-0.4, -0.2) is 19.7 Å². The van der Waals surface area contributed by atoms with Crippen LogP contribution in [0.5, 0.6) is 0 Å². The van der Waals surface area contributed by atoms with E-state index in [-0.39, 0.29) is 0 Å². The van der Waals surface area contributed by atoms with Crippen LogP contribution in [0.3, 0.4) is 0 Å². The van der Waals surface area contributed by atoms with Crippen molar-refractivity contribution in [3.63, 3.8) is 0 Å². The number of nitrogens with zero attached hydrogens (tertiary/aromatic N) is 5. The first-order valence-corrected chi connectivity index (χ1v) is 5.42. The van der Waals surface area contributed by atoms with Crippen LogP contribution in [0, 0.1) is 18.3 Å². The van der Waals surface area contributed by atoms with Gasteiger partial charge in [-0.25, -0.2) is 9.97 Å². The van der Waals surface area contributed by atoms with Crippen LogP contribution in [0.2, 0.25) is 0 Å². The smallest absolute Gasteiger partial charge is 0.195 e. The molecule has 0 spiro atoms. The maximum atomic E-state index is 8.72. The summed E-state index contributed by atoms with van der Waals surface area (Å²) in [5.41, 5.74) is 1.32. The van der Waals surface area contributed by atoms with Crippen molar-refractivity contribution in [3.8, 4) is 6.07 Å². The molecule has 6 heteroatoms. The number of hydrogen-bond acceptors (Lipinski definition) is 5. The number of aromatic nitrogens is 4. The molecular formula is C10H9N5S. The number of rotatable bonds is 2. The Balaban J connectivity index is 2.27. The van der Waals surface area contributed by atoms with E-state index >= 15 is 0 Å². The molecule has 2 aromatic heterocycles. The van der Waals surface area contributed by atoms with Crippen molar-refractivity contribution in [2.45, 2.75) is 17.1 Å². The van der Waals surface area contributed by atoms with Gasteiger partial charge in [0.2, 0.25) is 0 Å². The number of nitriles is 1. The summed E-state index contributed by atoms with van der Waals surface area (Å²) in [5, 5.41) is 14.5. The Bertz CT molecular complexity index is 555. The van der Waals surface area contributed by atoms with Gasteiger partial charge >= 0.3 is 0 Å². The van der Waals surface area contributed by atoms with Crippen molar-refractivity contribution in [3.05, 3.63) is 29.7 Å². The zero-order valence-corrected chi connectivity index (χ0v) is 9.69. The van der Waals surface area contributed by atoms with Crippen molar-refractivity contribution in [2.24, 2.45) is 7.05 Å². The molecule has 16 heavy (non-hydrogen) atoms. The Morgan fingerprint density at radius 3 is 2.94 bits per heavy atom. The van der Waals surface area contributed by atoms with Gasteiger partial charge in [0, 0.05) is 13.2 Å². The van der Waals surface area contributed by atoms with E-state index in [1.54, 1.807) is 16.9 Å². The van der Waals surface area contributed by atoms with Crippen molar-refractivity contribution in [2.75, 3.05) is 0 Å². The molecule has 2 aromatic rings. The number of aryl methyl sites for hydroxylation is 2. The van der Waals surface area contributed by atoms with E-state index in [0.29, 0.717) is 10.9 Å². The highest BCUT2D eigenvalue weighted by Crippen LogP contribution is 2.24. The second-order valence-corrected chi connectivity index (χ2v) is 4.17. The van der Waals surface area contributed by atoms with Crippen LogP contribution in [-0.2, 0) is 7.05 Å². The van der Waals surface area contributed by atoms with Crippen molar-refractivity contribution < 1.29 is 0 Å². The fraction of sp³-hybridized carbons (Fsp3) is 0.200. The van der Waals surface area contributed by atoms with Crippen molar-refractivity contribution in [1.82, 2.24) is 19.7 Å². The average Bonchev–Trinajstić information content (AvgIpc) is 2.58. The summed E-state index contributed by atoms with van der Waals surface area (Å²) >= 11 is 1.39. The molecule has 0 aliphatic rings. The van der Waals surface area contributed by atoms with Gasteiger partial charge in [0.05, 0.1) is 5.69 Å². The summed E-state index contributed by atoms with van der Waals surface area (Å²) in [5.74, 6) is 0. The lowest BCUT2D eigenvalue weighted by molar-refractivity contribution is 0.691. The standard InChI is InChI=1S/C10H9N5S/c1-7-5-9(15(2)14-7)16-10-12-4-3-8(6-11)13-10/h3-5H,1-2H3. The van der Waals surface area contributed by atoms with Crippen LogP contribution in [0.4, 0.5) is 0 Å². The molecule has 0 saturated heterocycles. The molecule has 0 aromatic carbocycles. The summed E-state index contributed by atoms with van der Waals surface area (Å²) in [4.78, 5) is 8.18. The monoisotopic (exact) mass is 231 g/mol. The average molecular weight is 231 g/mol. The molecule has 0 amide bonds. The molecule has 0 fully saturated rings. The first-order valence-electron chi connectivity index (χ1n) is 4.60. The molecular weight excluding hydrogens is 222 g/mol. The van der Waals surface area contributed by atoms with Gasteiger partial charge in [-0.3, -0.25) is 4.68 Å². The van der Waals surface area contributed by atoms with E-state index in [1.807, 2.05) is 26.1 Å². The lowest BCUT2D eigenvalue weighted by Gasteiger charge is -1.99. The Labute approximate surface area is 97.1 Å². The molecule has 0 saturated carbocycles. The fourth-order valence-electron chi connectivity index (χ4n) is 1.23. The minimum atomic E-state index is 0.372. The summed E-state index contributed by atoms with van der Waals surface area (Å²) in [7, 11) is 1.86. The Kier molecular flexibility index (Phi) is 2.88. The predicted molar refractivity (Wildman–Crippen MR) is 58.8 cm³/mol. The molecule has 5 nitrogen and oxygen atoms in total. The van der Waals surface area contributed by atoms with E-state index in [0.717, 1.165) is 10.7 Å². The van der Waals surface area contributed by atoms with Crippen LogP contribution in [0.1, 0.15) is 11.4 Å². The third kappa shape index (κ3) is 2.20. The Morgan fingerprint density at radius 2 is 2.31 bits per heavy atom. The van der Waals surface area contributed by atoms with Gasteiger partial charge in [-0.1, -0.05) is 0 Å². The van der Waals surface area contributed by atoms with Gasteiger partial charge in [-0.05, 0) is 30.8 Å². The summed E-state index contributed by atoms with van der Waals surface area (Å²) < 4.78 is 1.77. The van der Waals surface area contributed by atoms with Gasteiger partial charge in [0.15, 0.2) is 5.16 Å². The number of hydrogen-bond donors (Lipinski definition) is 0. The van der Waals surface area contributed by atoms with E-state index in [1.165, 1.54) is 11.8 Å². The van der Waals surface area contributed by atoms with E-state index in [9.17, 15) is 0 Å². The van der Waals surface area contributed by atoms with Gasteiger partial charge in [0.25, 0.3) is 0 Å². The lowest BCUT2D eigenvalue weighted by atomic mass is 10.5. The summed E-state index contributed by atoms with van der Waals surface area (Å²) in [6, 6.07) is 5.52. The highest BCUT2D eigenvalue weighted by molar-refractivity contribution is 7.99. The molecule has 0 unspecified atom stereocenters. The van der Waals surface area contributed by atoms with Gasteiger partial charge < -0.3 is 0 Å².